The maximum atomic E-state index is 11.3. The van der Waals surface area contributed by atoms with Crippen molar-refractivity contribution < 1.29 is 9.90 Å². The Kier molecular flexibility index (Phi) is 2.78. The molecular weight excluding hydrogens is 242 g/mol. The molecule has 5 heteroatoms. The highest BCUT2D eigenvalue weighted by molar-refractivity contribution is 5.83. The molecule has 0 aliphatic carbocycles. The number of aromatic nitrogens is 2. The van der Waals surface area contributed by atoms with Crippen molar-refractivity contribution in [3.63, 3.8) is 0 Å². The van der Waals surface area contributed by atoms with E-state index in [1.807, 2.05) is 31.3 Å². The first kappa shape index (κ1) is 12.2. The summed E-state index contributed by atoms with van der Waals surface area (Å²) in [6, 6.07) is 5.67. The summed E-state index contributed by atoms with van der Waals surface area (Å²) in [5.41, 5.74) is 0.755. The lowest BCUT2D eigenvalue weighted by atomic mass is 9.94. The Morgan fingerprint density at radius 1 is 1.37 bits per heavy atom. The maximum absolute atomic E-state index is 11.3. The molecule has 1 saturated heterocycles. The predicted molar refractivity (Wildman–Crippen MR) is 72.7 cm³/mol. The van der Waals surface area contributed by atoms with Crippen molar-refractivity contribution in [1.82, 2.24) is 9.38 Å². The summed E-state index contributed by atoms with van der Waals surface area (Å²) >= 11 is 0. The average molecular weight is 259 g/mol. The van der Waals surface area contributed by atoms with Gasteiger partial charge in [-0.15, -0.1) is 0 Å². The Morgan fingerprint density at radius 3 is 2.79 bits per heavy atom. The van der Waals surface area contributed by atoms with Gasteiger partial charge in [-0.3, -0.25) is 9.20 Å². The summed E-state index contributed by atoms with van der Waals surface area (Å²) in [5.74, 6) is 0.719. The standard InChI is InChI=1S/C14H17N3O2/c1-14(19)5-8-16(9-6-14)13-11(10-18)17-7-3-2-4-12(17)15-13/h2-4,7,10,19H,5-6,8-9H2,1H3. The zero-order chi connectivity index (χ0) is 13.5. The second-order valence-corrected chi connectivity index (χ2v) is 5.35. The number of nitrogens with zero attached hydrogens (tertiary/aromatic N) is 3. The summed E-state index contributed by atoms with van der Waals surface area (Å²) in [5, 5.41) is 9.98. The number of aldehydes is 1. The van der Waals surface area contributed by atoms with Crippen LogP contribution in [0.25, 0.3) is 5.65 Å². The van der Waals surface area contributed by atoms with Crippen LogP contribution in [-0.4, -0.2) is 39.5 Å². The van der Waals surface area contributed by atoms with Crippen LogP contribution in [0.1, 0.15) is 30.3 Å². The van der Waals surface area contributed by atoms with Crippen LogP contribution in [0.4, 0.5) is 5.82 Å². The van der Waals surface area contributed by atoms with Gasteiger partial charge in [0.1, 0.15) is 11.3 Å². The first-order valence-electron chi connectivity index (χ1n) is 6.50. The Hall–Kier alpha value is -1.88. The van der Waals surface area contributed by atoms with E-state index in [1.54, 1.807) is 4.40 Å². The Bertz CT molecular complexity index is 608. The lowest BCUT2D eigenvalue weighted by Crippen LogP contribution is -2.42. The number of pyridine rings is 1. The number of rotatable bonds is 2. The molecule has 2 aromatic rings. The second kappa shape index (κ2) is 4.35. The number of imidazole rings is 1. The lowest BCUT2D eigenvalue weighted by molar-refractivity contribution is 0.0350. The molecule has 0 spiro atoms. The van der Waals surface area contributed by atoms with Crippen molar-refractivity contribution in [3.05, 3.63) is 30.1 Å². The van der Waals surface area contributed by atoms with E-state index in [0.29, 0.717) is 18.5 Å². The largest absolute Gasteiger partial charge is 0.390 e. The van der Waals surface area contributed by atoms with E-state index in [1.165, 1.54) is 0 Å². The first-order valence-corrected chi connectivity index (χ1v) is 6.50. The molecule has 3 heterocycles. The van der Waals surface area contributed by atoms with Crippen molar-refractivity contribution in [2.45, 2.75) is 25.4 Å². The first-order chi connectivity index (χ1) is 9.11. The molecule has 19 heavy (non-hydrogen) atoms. The minimum absolute atomic E-state index is 0.581. The zero-order valence-electron chi connectivity index (χ0n) is 10.9. The predicted octanol–water partition coefficient (Wildman–Crippen LogP) is 1.50. The number of hydrogen-bond acceptors (Lipinski definition) is 4. The molecule has 1 N–H and O–H groups in total. The van der Waals surface area contributed by atoms with Crippen molar-refractivity contribution in [2.24, 2.45) is 0 Å². The topological polar surface area (TPSA) is 57.8 Å². The summed E-state index contributed by atoms with van der Waals surface area (Å²) in [7, 11) is 0. The molecule has 5 nitrogen and oxygen atoms in total. The van der Waals surface area contributed by atoms with Crippen molar-refractivity contribution in [2.75, 3.05) is 18.0 Å². The van der Waals surface area contributed by atoms with Gasteiger partial charge < -0.3 is 10.0 Å². The minimum Gasteiger partial charge on any atom is -0.390 e. The molecular formula is C14H17N3O2. The van der Waals surface area contributed by atoms with E-state index in [0.717, 1.165) is 30.8 Å². The van der Waals surface area contributed by atoms with Crippen LogP contribution in [0.2, 0.25) is 0 Å². The molecule has 0 unspecified atom stereocenters. The van der Waals surface area contributed by atoms with Gasteiger partial charge in [-0.1, -0.05) is 6.07 Å². The number of anilines is 1. The molecule has 1 aliphatic rings. The fraction of sp³-hybridized carbons (Fsp3) is 0.429. The Balaban J connectivity index is 1.99. The fourth-order valence-corrected chi connectivity index (χ4v) is 2.54. The molecule has 100 valence electrons. The molecule has 1 fully saturated rings. The van der Waals surface area contributed by atoms with Gasteiger partial charge in [0, 0.05) is 19.3 Å². The highest BCUT2D eigenvalue weighted by Crippen LogP contribution is 2.27. The van der Waals surface area contributed by atoms with Gasteiger partial charge in [0.2, 0.25) is 0 Å². The van der Waals surface area contributed by atoms with Crippen molar-refractivity contribution >= 4 is 17.8 Å². The second-order valence-electron chi connectivity index (χ2n) is 5.35. The quantitative estimate of drug-likeness (QED) is 0.830. The van der Waals surface area contributed by atoms with Crippen molar-refractivity contribution in [3.8, 4) is 0 Å². The van der Waals surface area contributed by atoms with E-state index < -0.39 is 5.60 Å². The molecule has 1 aliphatic heterocycles. The van der Waals surface area contributed by atoms with E-state index >= 15 is 0 Å². The summed E-state index contributed by atoms with van der Waals surface area (Å²) in [6.07, 6.45) is 4.08. The smallest absolute Gasteiger partial charge is 0.170 e. The summed E-state index contributed by atoms with van der Waals surface area (Å²) in [6.45, 7) is 3.30. The van der Waals surface area contributed by atoms with E-state index in [4.69, 9.17) is 0 Å². The molecule has 0 amide bonds. The van der Waals surface area contributed by atoms with Crippen LogP contribution in [0.5, 0.6) is 0 Å². The van der Waals surface area contributed by atoms with Crippen LogP contribution in [0.15, 0.2) is 24.4 Å². The molecule has 2 aromatic heterocycles. The van der Waals surface area contributed by atoms with Gasteiger partial charge in [0.15, 0.2) is 12.1 Å². The number of fused-ring (bicyclic) bond motifs is 1. The summed E-state index contributed by atoms with van der Waals surface area (Å²) in [4.78, 5) is 17.9. The SMILES string of the molecule is CC1(O)CCN(c2nc3ccccn3c2C=O)CC1. The van der Waals surface area contributed by atoms with Crippen LogP contribution in [-0.2, 0) is 0 Å². The van der Waals surface area contributed by atoms with E-state index in [-0.39, 0.29) is 0 Å². The number of carbonyl (C=O) groups is 1. The van der Waals surface area contributed by atoms with Crippen LogP contribution >= 0.6 is 0 Å². The third kappa shape index (κ3) is 2.10. The molecule has 0 radical (unpaired) electrons. The molecule has 0 bridgehead atoms. The Morgan fingerprint density at radius 2 is 2.11 bits per heavy atom. The molecule has 3 rings (SSSR count). The zero-order valence-corrected chi connectivity index (χ0v) is 10.9. The highest BCUT2D eigenvalue weighted by Gasteiger charge is 2.29. The lowest BCUT2D eigenvalue weighted by Gasteiger charge is -2.36. The van der Waals surface area contributed by atoms with Gasteiger partial charge in [-0.25, -0.2) is 4.98 Å². The molecule has 0 aromatic carbocycles. The fourth-order valence-electron chi connectivity index (χ4n) is 2.54. The van der Waals surface area contributed by atoms with Crippen molar-refractivity contribution in [1.29, 1.82) is 0 Å². The monoisotopic (exact) mass is 259 g/mol. The van der Waals surface area contributed by atoms with Gasteiger partial charge in [0.25, 0.3) is 0 Å². The van der Waals surface area contributed by atoms with Crippen LogP contribution in [0, 0.1) is 0 Å². The number of piperidine rings is 1. The van der Waals surface area contributed by atoms with Crippen LogP contribution < -0.4 is 4.90 Å². The normalized spacial score (nSPS) is 18.7. The average Bonchev–Trinajstić information content (AvgIpc) is 2.77. The van der Waals surface area contributed by atoms with Gasteiger partial charge in [-0.05, 0) is 31.9 Å². The summed E-state index contributed by atoms with van der Waals surface area (Å²) < 4.78 is 1.80. The van der Waals surface area contributed by atoms with Gasteiger partial charge >= 0.3 is 0 Å². The van der Waals surface area contributed by atoms with E-state index in [9.17, 15) is 9.90 Å². The number of aliphatic hydroxyl groups is 1. The number of hydrogen-bond donors (Lipinski definition) is 1. The minimum atomic E-state index is -0.600. The Labute approximate surface area is 111 Å². The van der Waals surface area contributed by atoms with Gasteiger partial charge in [0.05, 0.1) is 5.60 Å². The molecule has 0 atom stereocenters. The highest BCUT2D eigenvalue weighted by atomic mass is 16.3. The van der Waals surface area contributed by atoms with Gasteiger partial charge in [-0.2, -0.15) is 0 Å². The molecule has 0 saturated carbocycles. The van der Waals surface area contributed by atoms with E-state index in [2.05, 4.69) is 9.88 Å². The van der Waals surface area contributed by atoms with Crippen LogP contribution in [0.3, 0.4) is 0 Å². The number of carbonyl (C=O) groups excluding carboxylic acids is 1. The third-order valence-electron chi connectivity index (χ3n) is 3.80. The maximum Gasteiger partial charge on any atom is 0.170 e. The third-order valence-corrected chi connectivity index (χ3v) is 3.80.